The van der Waals surface area contributed by atoms with Gasteiger partial charge in [0.25, 0.3) is 0 Å². The summed E-state index contributed by atoms with van der Waals surface area (Å²) in [6.07, 6.45) is 0. The van der Waals surface area contributed by atoms with Crippen LogP contribution < -0.4 is 11.5 Å². The smallest absolute Gasteiger partial charge is 0.0623 e. The summed E-state index contributed by atoms with van der Waals surface area (Å²) < 4.78 is 0. The first-order chi connectivity index (χ1) is 5.70. The first-order valence-corrected chi connectivity index (χ1v) is 3.82. The van der Waals surface area contributed by atoms with E-state index < -0.39 is 0 Å². The van der Waals surface area contributed by atoms with Gasteiger partial charge in [-0.3, -0.25) is 0 Å². The molecule has 1 heterocycles. The second-order valence-corrected chi connectivity index (χ2v) is 2.93. The topological polar surface area (TPSA) is 67.8 Å². The van der Waals surface area contributed by atoms with Crippen LogP contribution in [0, 0.1) is 6.92 Å². The minimum Gasteiger partial charge on any atom is -0.398 e. The van der Waals surface area contributed by atoms with Gasteiger partial charge in [0.05, 0.1) is 5.69 Å². The highest BCUT2D eigenvalue weighted by Gasteiger charge is 2.06. The van der Waals surface area contributed by atoms with Gasteiger partial charge < -0.3 is 16.5 Å². The lowest BCUT2D eigenvalue weighted by Crippen LogP contribution is -1.89. The molecule has 62 valence electrons. The molecule has 0 spiro atoms. The molecule has 1 aromatic heterocycles. The van der Waals surface area contributed by atoms with Crippen molar-refractivity contribution in [2.45, 2.75) is 6.92 Å². The van der Waals surface area contributed by atoms with Gasteiger partial charge in [0.15, 0.2) is 0 Å². The zero-order valence-electron chi connectivity index (χ0n) is 6.89. The Morgan fingerprint density at radius 3 is 2.67 bits per heavy atom. The van der Waals surface area contributed by atoms with E-state index in [1.165, 1.54) is 0 Å². The largest absolute Gasteiger partial charge is 0.398 e. The molecule has 0 aliphatic heterocycles. The van der Waals surface area contributed by atoms with Gasteiger partial charge in [-0.25, -0.2) is 0 Å². The van der Waals surface area contributed by atoms with Gasteiger partial charge in [-0.05, 0) is 19.1 Å². The molecule has 3 nitrogen and oxygen atoms in total. The Hall–Kier alpha value is -1.64. The monoisotopic (exact) mass is 161 g/mol. The van der Waals surface area contributed by atoms with Crippen molar-refractivity contribution < 1.29 is 0 Å². The SMILES string of the molecule is Cc1[nH]c2cccc(N)c2c1N. The molecular formula is C9H11N3. The summed E-state index contributed by atoms with van der Waals surface area (Å²) in [4.78, 5) is 3.16. The van der Waals surface area contributed by atoms with Crippen LogP contribution in [0.1, 0.15) is 5.69 Å². The molecule has 0 radical (unpaired) electrons. The third kappa shape index (κ3) is 0.763. The number of hydrogen-bond acceptors (Lipinski definition) is 2. The molecule has 0 aliphatic rings. The summed E-state index contributed by atoms with van der Waals surface area (Å²) in [5, 5.41) is 0.940. The molecule has 0 aliphatic carbocycles. The molecule has 12 heavy (non-hydrogen) atoms. The van der Waals surface area contributed by atoms with Gasteiger partial charge in [0.1, 0.15) is 0 Å². The molecule has 2 aromatic rings. The van der Waals surface area contributed by atoms with Gasteiger partial charge in [-0.15, -0.1) is 0 Å². The maximum Gasteiger partial charge on any atom is 0.0623 e. The average Bonchev–Trinajstić information content (AvgIpc) is 2.29. The Bertz CT molecular complexity index is 429. The lowest BCUT2D eigenvalue weighted by atomic mass is 10.2. The molecule has 1 aromatic carbocycles. The number of anilines is 2. The summed E-state index contributed by atoms with van der Waals surface area (Å²) in [5.41, 5.74) is 15.1. The summed E-state index contributed by atoms with van der Waals surface area (Å²) in [6.45, 7) is 1.94. The number of hydrogen-bond donors (Lipinski definition) is 3. The van der Waals surface area contributed by atoms with Crippen molar-refractivity contribution in [1.82, 2.24) is 4.98 Å². The lowest BCUT2D eigenvalue weighted by molar-refractivity contribution is 1.30. The van der Waals surface area contributed by atoms with Crippen molar-refractivity contribution in [3.05, 3.63) is 23.9 Å². The Morgan fingerprint density at radius 1 is 1.25 bits per heavy atom. The first-order valence-electron chi connectivity index (χ1n) is 3.82. The van der Waals surface area contributed by atoms with Crippen molar-refractivity contribution in [1.29, 1.82) is 0 Å². The zero-order valence-corrected chi connectivity index (χ0v) is 6.89. The van der Waals surface area contributed by atoms with Crippen LogP contribution in [-0.4, -0.2) is 4.98 Å². The highest BCUT2D eigenvalue weighted by molar-refractivity contribution is 6.01. The van der Waals surface area contributed by atoms with Gasteiger partial charge in [0.2, 0.25) is 0 Å². The van der Waals surface area contributed by atoms with E-state index in [9.17, 15) is 0 Å². The van der Waals surface area contributed by atoms with E-state index in [0.29, 0.717) is 0 Å². The van der Waals surface area contributed by atoms with Crippen LogP contribution in [0.4, 0.5) is 11.4 Å². The summed E-state index contributed by atoms with van der Waals surface area (Å²) >= 11 is 0. The van der Waals surface area contributed by atoms with E-state index in [1.807, 2.05) is 25.1 Å². The maximum atomic E-state index is 5.83. The van der Waals surface area contributed by atoms with E-state index in [2.05, 4.69) is 4.98 Å². The molecule has 0 saturated carbocycles. The van der Waals surface area contributed by atoms with Crippen LogP contribution in [0.25, 0.3) is 10.9 Å². The van der Waals surface area contributed by atoms with Crippen LogP contribution in [0.15, 0.2) is 18.2 Å². The molecule has 0 atom stereocenters. The predicted molar refractivity (Wildman–Crippen MR) is 51.9 cm³/mol. The standard InChI is InChI=1S/C9H11N3/c1-5-9(11)8-6(10)3-2-4-7(8)12-5/h2-4,12H,10-11H2,1H3. The van der Waals surface area contributed by atoms with E-state index in [1.54, 1.807) is 0 Å². The number of nitrogens with one attached hydrogen (secondary N) is 1. The van der Waals surface area contributed by atoms with Crippen LogP contribution in [-0.2, 0) is 0 Å². The van der Waals surface area contributed by atoms with E-state index in [-0.39, 0.29) is 0 Å². The minimum absolute atomic E-state index is 0.731. The average molecular weight is 161 g/mol. The van der Waals surface area contributed by atoms with Gasteiger partial charge in [-0.1, -0.05) is 6.07 Å². The predicted octanol–water partition coefficient (Wildman–Crippen LogP) is 1.64. The second-order valence-electron chi connectivity index (χ2n) is 2.93. The van der Waals surface area contributed by atoms with E-state index in [0.717, 1.165) is 28.0 Å². The van der Waals surface area contributed by atoms with Crippen molar-refractivity contribution in [2.75, 3.05) is 11.5 Å². The van der Waals surface area contributed by atoms with Crippen LogP contribution >= 0.6 is 0 Å². The molecule has 5 N–H and O–H groups in total. The Balaban J connectivity index is 2.97. The molecule has 2 rings (SSSR count). The summed E-state index contributed by atoms with van der Waals surface area (Å²) in [7, 11) is 0. The Labute approximate surface area is 70.4 Å². The molecule has 3 heteroatoms. The lowest BCUT2D eigenvalue weighted by Gasteiger charge is -1.95. The Morgan fingerprint density at radius 2 is 2.00 bits per heavy atom. The number of aromatic amines is 1. The number of benzene rings is 1. The van der Waals surface area contributed by atoms with Crippen molar-refractivity contribution in [2.24, 2.45) is 0 Å². The number of H-pyrrole nitrogens is 1. The summed E-state index contributed by atoms with van der Waals surface area (Å²) in [6, 6.07) is 5.73. The number of aromatic nitrogens is 1. The van der Waals surface area contributed by atoms with Crippen LogP contribution in [0.3, 0.4) is 0 Å². The third-order valence-electron chi connectivity index (χ3n) is 2.09. The molecule has 0 fully saturated rings. The van der Waals surface area contributed by atoms with Gasteiger partial charge in [0, 0.05) is 22.3 Å². The zero-order chi connectivity index (χ0) is 8.72. The summed E-state index contributed by atoms with van der Waals surface area (Å²) in [5.74, 6) is 0. The molecular weight excluding hydrogens is 150 g/mol. The van der Waals surface area contributed by atoms with Crippen molar-refractivity contribution in [3.8, 4) is 0 Å². The molecule has 0 unspecified atom stereocenters. The fourth-order valence-corrected chi connectivity index (χ4v) is 1.43. The normalized spacial score (nSPS) is 10.8. The van der Waals surface area contributed by atoms with Gasteiger partial charge in [-0.2, -0.15) is 0 Å². The fourth-order valence-electron chi connectivity index (χ4n) is 1.43. The van der Waals surface area contributed by atoms with E-state index in [4.69, 9.17) is 11.5 Å². The minimum atomic E-state index is 0.731. The fraction of sp³-hybridized carbons (Fsp3) is 0.111. The van der Waals surface area contributed by atoms with Crippen molar-refractivity contribution in [3.63, 3.8) is 0 Å². The van der Waals surface area contributed by atoms with Gasteiger partial charge >= 0.3 is 0 Å². The number of nitrogens with two attached hydrogens (primary N) is 2. The maximum absolute atomic E-state index is 5.83. The third-order valence-corrected chi connectivity index (χ3v) is 2.09. The van der Waals surface area contributed by atoms with Crippen molar-refractivity contribution >= 4 is 22.3 Å². The number of nitrogen functional groups attached to an aromatic ring is 2. The molecule has 0 bridgehead atoms. The highest BCUT2D eigenvalue weighted by Crippen LogP contribution is 2.28. The number of aryl methyl sites for hydroxylation is 1. The second kappa shape index (κ2) is 2.17. The first kappa shape index (κ1) is 7.03. The highest BCUT2D eigenvalue weighted by atomic mass is 14.8. The van der Waals surface area contributed by atoms with Crippen LogP contribution in [0.2, 0.25) is 0 Å². The molecule has 0 saturated heterocycles. The molecule has 0 amide bonds. The number of rotatable bonds is 0. The Kier molecular flexibility index (Phi) is 1.27. The quantitative estimate of drug-likeness (QED) is 0.514. The van der Waals surface area contributed by atoms with E-state index >= 15 is 0 Å². The van der Waals surface area contributed by atoms with Crippen LogP contribution in [0.5, 0.6) is 0 Å². The number of fused-ring (bicyclic) bond motifs is 1.